The molecule has 18 heavy (non-hydrogen) atoms. The average Bonchev–Trinajstić information content (AvgIpc) is 2.41. The van der Waals surface area contributed by atoms with E-state index in [2.05, 4.69) is 20.7 Å². The quantitative estimate of drug-likeness (QED) is 0.783. The van der Waals surface area contributed by atoms with Crippen LogP contribution < -0.4 is 0 Å². The predicted molar refractivity (Wildman–Crippen MR) is 70.9 cm³/mol. The fourth-order valence-corrected chi connectivity index (χ4v) is 2.13. The van der Waals surface area contributed by atoms with Crippen LogP contribution in [-0.4, -0.2) is 13.1 Å². The van der Waals surface area contributed by atoms with Crippen molar-refractivity contribution in [2.75, 3.05) is 7.11 Å². The van der Waals surface area contributed by atoms with Gasteiger partial charge in [-0.2, -0.15) is 0 Å². The fourth-order valence-electron chi connectivity index (χ4n) is 1.68. The van der Waals surface area contributed by atoms with Crippen molar-refractivity contribution in [3.8, 4) is 11.1 Å². The van der Waals surface area contributed by atoms with Gasteiger partial charge >= 0.3 is 5.97 Å². The van der Waals surface area contributed by atoms with Crippen molar-refractivity contribution in [3.63, 3.8) is 0 Å². The first-order chi connectivity index (χ1) is 8.63. The Morgan fingerprint density at radius 2 is 1.89 bits per heavy atom. The molecule has 0 unspecified atom stereocenters. The maximum atomic E-state index is 14.3. The Morgan fingerprint density at radius 1 is 1.22 bits per heavy atom. The molecule has 0 aliphatic rings. The second-order valence-electron chi connectivity index (χ2n) is 3.67. The van der Waals surface area contributed by atoms with E-state index >= 15 is 0 Å². The van der Waals surface area contributed by atoms with E-state index in [-0.39, 0.29) is 5.56 Å². The third kappa shape index (κ3) is 2.43. The molecule has 0 bridgehead atoms. The first kappa shape index (κ1) is 12.8. The van der Waals surface area contributed by atoms with E-state index < -0.39 is 11.8 Å². The Hall–Kier alpha value is -1.68. The van der Waals surface area contributed by atoms with Gasteiger partial charge in [0, 0.05) is 10.0 Å². The van der Waals surface area contributed by atoms with E-state index in [9.17, 15) is 9.18 Å². The Balaban J connectivity index is 2.62. The van der Waals surface area contributed by atoms with E-state index in [1.165, 1.54) is 13.2 Å². The van der Waals surface area contributed by atoms with Gasteiger partial charge in [-0.25, -0.2) is 9.18 Å². The predicted octanol–water partition coefficient (Wildman–Crippen LogP) is 4.04. The van der Waals surface area contributed by atoms with Crippen molar-refractivity contribution in [1.82, 2.24) is 0 Å². The fraction of sp³-hybridized carbons (Fsp3) is 0.0714. The van der Waals surface area contributed by atoms with E-state index in [0.717, 1.165) is 0 Å². The number of hydrogen-bond donors (Lipinski definition) is 0. The van der Waals surface area contributed by atoms with E-state index in [1.807, 2.05) is 18.2 Å². The second kappa shape index (κ2) is 5.31. The summed E-state index contributed by atoms with van der Waals surface area (Å²) < 4.78 is 19.4. The molecule has 0 N–H and O–H groups in total. The number of carbonyl (C=O) groups excluding carboxylic acids is 1. The largest absolute Gasteiger partial charge is 0.465 e. The smallest absolute Gasteiger partial charge is 0.340 e. The molecular weight excluding hydrogens is 299 g/mol. The molecule has 0 heterocycles. The van der Waals surface area contributed by atoms with Crippen LogP contribution in [0.4, 0.5) is 4.39 Å². The Kier molecular flexibility index (Phi) is 3.77. The lowest BCUT2D eigenvalue weighted by Crippen LogP contribution is -2.05. The topological polar surface area (TPSA) is 26.3 Å². The Morgan fingerprint density at radius 3 is 2.50 bits per heavy atom. The molecule has 0 aliphatic carbocycles. The summed E-state index contributed by atoms with van der Waals surface area (Å²) in [6.07, 6.45) is 0. The van der Waals surface area contributed by atoms with Gasteiger partial charge in [-0.3, -0.25) is 0 Å². The number of rotatable bonds is 2. The van der Waals surface area contributed by atoms with Crippen molar-refractivity contribution in [1.29, 1.82) is 0 Å². The van der Waals surface area contributed by atoms with E-state index in [4.69, 9.17) is 0 Å². The molecule has 0 aliphatic heterocycles. The van der Waals surface area contributed by atoms with Crippen molar-refractivity contribution in [2.24, 2.45) is 0 Å². The van der Waals surface area contributed by atoms with Gasteiger partial charge in [-0.1, -0.05) is 46.3 Å². The Bertz CT molecular complexity index is 582. The monoisotopic (exact) mass is 308 g/mol. The highest BCUT2D eigenvalue weighted by atomic mass is 79.9. The SMILES string of the molecule is COC(=O)c1cc(Br)cc(-c2ccccc2)c1F. The summed E-state index contributed by atoms with van der Waals surface area (Å²) in [7, 11) is 1.23. The Labute approximate surface area is 113 Å². The number of carbonyl (C=O) groups is 1. The zero-order valence-corrected chi connectivity index (χ0v) is 11.2. The molecule has 0 saturated carbocycles. The molecule has 0 aromatic heterocycles. The van der Waals surface area contributed by atoms with Gasteiger partial charge in [0.25, 0.3) is 0 Å². The lowest BCUT2D eigenvalue weighted by Gasteiger charge is -2.08. The molecule has 0 fully saturated rings. The van der Waals surface area contributed by atoms with Gasteiger partial charge in [-0.05, 0) is 17.7 Å². The van der Waals surface area contributed by atoms with Gasteiger partial charge < -0.3 is 4.74 Å². The first-order valence-electron chi connectivity index (χ1n) is 5.26. The minimum absolute atomic E-state index is 0.0780. The lowest BCUT2D eigenvalue weighted by molar-refractivity contribution is 0.0595. The molecular formula is C14H10BrFO2. The number of methoxy groups -OCH3 is 1. The van der Waals surface area contributed by atoms with Gasteiger partial charge in [0.05, 0.1) is 12.7 Å². The van der Waals surface area contributed by atoms with Crippen molar-refractivity contribution >= 4 is 21.9 Å². The van der Waals surface area contributed by atoms with Crippen LogP contribution >= 0.6 is 15.9 Å². The summed E-state index contributed by atoms with van der Waals surface area (Å²) in [4.78, 5) is 11.5. The standard InChI is InChI=1S/C14H10BrFO2/c1-18-14(17)12-8-10(15)7-11(13(12)16)9-5-3-2-4-6-9/h2-8H,1H3. The zero-order chi connectivity index (χ0) is 13.1. The summed E-state index contributed by atoms with van der Waals surface area (Å²) in [5, 5.41) is 0. The number of hydrogen-bond acceptors (Lipinski definition) is 2. The molecule has 0 atom stereocenters. The molecule has 2 aromatic carbocycles. The number of esters is 1. The van der Waals surface area contributed by atoms with Gasteiger partial charge in [-0.15, -0.1) is 0 Å². The summed E-state index contributed by atoms with van der Waals surface area (Å²) in [6.45, 7) is 0. The number of ether oxygens (including phenoxy) is 1. The minimum atomic E-state index is -0.689. The highest BCUT2D eigenvalue weighted by Gasteiger charge is 2.17. The lowest BCUT2D eigenvalue weighted by atomic mass is 10.0. The van der Waals surface area contributed by atoms with Crippen LogP contribution in [0.3, 0.4) is 0 Å². The maximum absolute atomic E-state index is 14.3. The second-order valence-corrected chi connectivity index (χ2v) is 4.59. The van der Waals surface area contributed by atoms with Crippen LogP contribution in [0, 0.1) is 5.82 Å². The molecule has 0 radical (unpaired) electrons. The van der Waals surface area contributed by atoms with Crippen molar-refractivity contribution < 1.29 is 13.9 Å². The zero-order valence-electron chi connectivity index (χ0n) is 9.61. The molecule has 2 nitrogen and oxygen atoms in total. The van der Waals surface area contributed by atoms with Crippen molar-refractivity contribution in [3.05, 3.63) is 58.3 Å². The van der Waals surface area contributed by atoms with Crippen molar-refractivity contribution in [2.45, 2.75) is 0 Å². The molecule has 0 saturated heterocycles. The summed E-state index contributed by atoms with van der Waals surface area (Å²) in [5.41, 5.74) is 0.998. The van der Waals surface area contributed by atoms with Crippen LogP contribution in [0.2, 0.25) is 0 Å². The van der Waals surface area contributed by atoms with Crippen LogP contribution in [0.25, 0.3) is 11.1 Å². The van der Waals surface area contributed by atoms with Crippen LogP contribution in [-0.2, 0) is 4.74 Å². The van der Waals surface area contributed by atoms with Crippen LogP contribution in [0.5, 0.6) is 0 Å². The summed E-state index contributed by atoms with van der Waals surface area (Å²) >= 11 is 3.27. The van der Waals surface area contributed by atoms with E-state index in [0.29, 0.717) is 15.6 Å². The molecule has 0 spiro atoms. The summed E-state index contributed by atoms with van der Waals surface area (Å²) in [6, 6.07) is 12.1. The number of benzene rings is 2. The normalized spacial score (nSPS) is 10.2. The summed E-state index contributed by atoms with van der Waals surface area (Å²) in [5.74, 6) is -1.26. The third-order valence-corrected chi connectivity index (χ3v) is 2.99. The molecule has 92 valence electrons. The van der Waals surface area contributed by atoms with Gasteiger partial charge in [0.15, 0.2) is 0 Å². The average molecular weight is 309 g/mol. The van der Waals surface area contributed by atoms with Gasteiger partial charge in [0.1, 0.15) is 5.82 Å². The maximum Gasteiger partial charge on any atom is 0.340 e. The van der Waals surface area contributed by atoms with Crippen LogP contribution in [0.15, 0.2) is 46.9 Å². The molecule has 2 rings (SSSR count). The van der Waals surface area contributed by atoms with Crippen LogP contribution in [0.1, 0.15) is 10.4 Å². The van der Waals surface area contributed by atoms with E-state index in [1.54, 1.807) is 18.2 Å². The minimum Gasteiger partial charge on any atom is -0.465 e. The molecule has 4 heteroatoms. The number of halogens is 2. The molecule has 0 amide bonds. The highest BCUT2D eigenvalue weighted by Crippen LogP contribution is 2.29. The first-order valence-corrected chi connectivity index (χ1v) is 6.05. The molecule has 2 aromatic rings. The highest BCUT2D eigenvalue weighted by molar-refractivity contribution is 9.10. The third-order valence-electron chi connectivity index (χ3n) is 2.53. The van der Waals surface area contributed by atoms with Gasteiger partial charge in [0.2, 0.25) is 0 Å².